The normalized spacial score (nSPS) is 17.6. The fourth-order valence-electron chi connectivity index (χ4n) is 1.28. The highest BCUT2D eigenvalue weighted by Gasteiger charge is 2.48. The first kappa shape index (κ1) is 13.9. The van der Waals surface area contributed by atoms with Gasteiger partial charge in [-0.2, -0.15) is 21.6 Å². The van der Waals surface area contributed by atoms with E-state index in [9.17, 15) is 30.0 Å². The van der Waals surface area contributed by atoms with Gasteiger partial charge in [-0.15, -0.1) is 0 Å². The van der Waals surface area contributed by atoms with Crippen LogP contribution in [0, 0.1) is 0 Å². The van der Waals surface area contributed by atoms with Crippen molar-refractivity contribution in [2.75, 3.05) is 5.94 Å². The van der Waals surface area contributed by atoms with Crippen LogP contribution in [-0.4, -0.2) is 28.3 Å². The van der Waals surface area contributed by atoms with Crippen molar-refractivity contribution in [2.45, 2.75) is 10.4 Å². The van der Waals surface area contributed by atoms with E-state index in [4.69, 9.17) is 4.74 Å². The number of hydrogen-bond donors (Lipinski definition) is 0. The van der Waals surface area contributed by atoms with Gasteiger partial charge >= 0.3 is 15.6 Å². The third-order valence-electron chi connectivity index (χ3n) is 2.11. The summed E-state index contributed by atoms with van der Waals surface area (Å²) in [4.78, 5) is -0.414. The molecule has 0 fully saturated rings. The van der Waals surface area contributed by atoms with E-state index < -0.39 is 42.0 Å². The molecule has 0 N–H and O–H groups in total. The summed E-state index contributed by atoms with van der Waals surface area (Å²) in [6, 6.07) is 2.55. The molecule has 0 amide bonds. The van der Waals surface area contributed by atoms with E-state index in [1.807, 2.05) is 0 Å². The van der Waals surface area contributed by atoms with Crippen LogP contribution in [0.15, 0.2) is 23.1 Å². The number of hydrogen-bond acceptors (Lipinski definition) is 6. The van der Waals surface area contributed by atoms with Crippen LogP contribution in [0.4, 0.5) is 13.2 Å². The minimum absolute atomic E-state index is 0.0724. The van der Waals surface area contributed by atoms with E-state index in [0.717, 1.165) is 12.1 Å². The Balaban J connectivity index is 2.41. The second kappa shape index (κ2) is 4.00. The highest BCUT2D eigenvalue weighted by molar-refractivity contribution is 7.91. The van der Waals surface area contributed by atoms with Crippen LogP contribution in [0.3, 0.4) is 0 Å². The van der Waals surface area contributed by atoms with E-state index in [0.29, 0.717) is 6.07 Å². The predicted octanol–water partition coefficient (Wildman–Crippen LogP) is 1.04. The standard InChI is InChI=1S/C8H5F3O6S2/c9-8(10,11)19(14,15)17-5-1-2-6-7(3-5)18(12,13)4-16-6/h1-3H,4H2. The fraction of sp³-hybridized carbons (Fsp3) is 0.250. The minimum Gasteiger partial charge on any atom is -0.476 e. The summed E-state index contributed by atoms with van der Waals surface area (Å²) >= 11 is 0. The summed E-state index contributed by atoms with van der Waals surface area (Å²) in [6.07, 6.45) is 0. The van der Waals surface area contributed by atoms with Gasteiger partial charge in [-0.25, -0.2) is 8.42 Å². The molecule has 0 unspecified atom stereocenters. The first-order chi connectivity index (χ1) is 8.53. The van der Waals surface area contributed by atoms with Crippen molar-refractivity contribution in [2.24, 2.45) is 0 Å². The van der Waals surface area contributed by atoms with Gasteiger partial charge in [0.1, 0.15) is 16.4 Å². The molecule has 0 saturated carbocycles. The van der Waals surface area contributed by atoms with Gasteiger partial charge in [-0.05, 0) is 12.1 Å². The third kappa shape index (κ3) is 2.47. The first-order valence-electron chi connectivity index (χ1n) is 4.53. The molecule has 1 aliphatic rings. The quantitative estimate of drug-likeness (QED) is 0.598. The van der Waals surface area contributed by atoms with E-state index in [2.05, 4.69) is 4.18 Å². The van der Waals surface area contributed by atoms with Crippen molar-refractivity contribution in [1.29, 1.82) is 0 Å². The molecule has 106 valence electrons. The van der Waals surface area contributed by atoms with Gasteiger partial charge in [-0.3, -0.25) is 0 Å². The van der Waals surface area contributed by atoms with E-state index in [-0.39, 0.29) is 5.75 Å². The van der Waals surface area contributed by atoms with Crippen LogP contribution < -0.4 is 8.92 Å². The topological polar surface area (TPSA) is 86.7 Å². The summed E-state index contributed by atoms with van der Waals surface area (Å²) in [5.41, 5.74) is -5.60. The molecule has 1 aromatic carbocycles. The molecular weight excluding hydrogens is 313 g/mol. The molecule has 11 heteroatoms. The van der Waals surface area contributed by atoms with E-state index >= 15 is 0 Å². The Morgan fingerprint density at radius 1 is 1.26 bits per heavy atom. The monoisotopic (exact) mass is 318 g/mol. The summed E-state index contributed by atoms with van der Waals surface area (Å²) in [5, 5.41) is 0. The van der Waals surface area contributed by atoms with Crippen LogP contribution >= 0.6 is 0 Å². The van der Waals surface area contributed by atoms with Crippen LogP contribution in [0.5, 0.6) is 11.5 Å². The van der Waals surface area contributed by atoms with Crippen molar-refractivity contribution in [3.05, 3.63) is 18.2 Å². The van der Waals surface area contributed by atoms with Gasteiger partial charge in [0.2, 0.25) is 9.84 Å². The Hall–Kier alpha value is -1.49. The Morgan fingerprint density at radius 3 is 2.47 bits per heavy atom. The fourth-order valence-corrected chi connectivity index (χ4v) is 2.87. The number of benzene rings is 1. The smallest absolute Gasteiger partial charge is 0.476 e. The Kier molecular flexibility index (Phi) is 2.93. The average molecular weight is 318 g/mol. The molecule has 19 heavy (non-hydrogen) atoms. The molecule has 0 aliphatic carbocycles. The molecule has 1 aliphatic heterocycles. The number of sulfone groups is 1. The summed E-state index contributed by atoms with van der Waals surface area (Å²) in [5.74, 6) is -1.49. The summed E-state index contributed by atoms with van der Waals surface area (Å²) < 4.78 is 89.2. The number of alkyl halides is 3. The Labute approximate surface area is 105 Å². The molecule has 1 heterocycles. The summed E-state index contributed by atoms with van der Waals surface area (Å²) in [6.45, 7) is 0. The van der Waals surface area contributed by atoms with Gasteiger partial charge in [0, 0.05) is 6.07 Å². The second-order valence-electron chi connectivity index (χ2n) is 3.47. The van der Waals surface area contributed by atoms with Crippen LogP contribution in [0.25, 0.3) is 0 Å². The maximum Gasteiger partial charge on any atom is 0.534 e. The molecule has 6 nitrogen and oxygen atoms in total. The number of halogens is 3. The maximum absolute atomic E-state index is 12.1. The molecule has 1 aromatic rings. The highest BCUT2D eigenvalue weighted by Crippen LogP contribution is 2.35. The molecule has 0 saturated heterocycles. The van der Waals surface area contributed by atoms with E-state index in [1.165, 1.54) is 0 Å². The summed E-state index contributed by atoms with van der Waals surface area (Å²) in [7, 11) is -9.64. The van der Waals surface area contributed by atoms with Gasteiger partial charge in [-0.1, -0.05) is 0 Å². The van der Waals surface area contributed by atoms with Crippen LogP contribution in [-0.2, 0) is 20.0 Å². The van der Waals surface area contributed by atoms with Gasteiger partial charge < -0.3 is 8.92 Å². The molecule has 0 bridgehead atoms. The lowest BCUT2D eigenvalue weighted by atomic mass is 10.3. The number of rotatable bonds is 2. The lowest BCUT2D eigenvalue weighted by molar-refractivity contribution is -0.0500. The van der Waals surface area contributed by atoms with Gasteiger partial charge in [0.05, 0.1) is 0 Å². The average Bonchev–Trinajstić information content (AvgIpc) is 2.53. The van der Waals surface area contributed by atoms with E-state index in [1.54, 1.807) is 0 Å². The first-order valence-corrected chi connectivity index (χ1v) is 7.59. The molecule has 0 spiro atoms. The Morgan fingerprint density at radius 2 is 1.89 bits per heavy atom. The number of fused-ring (bicyclic) bond motifs is 1. The van der Waals surface area contributed by atoms with Crippen molar-refractivity contribution in [3.8, 4) is 11.5 Å². The third-order valence-corrected chi connectivity index (χ3v) is 4.51. The molecule has 2 rings (SSSR count). The lowest BCUT2D eigenvalue weighted by Gasteiger charge is -2.09. The zero-order valence-electron chi connectivity index (χ0n) is 8.84. The maximum atomic E-state index is 12.1. The van der Waals surface area contributed by atoms with Gasteiger partial charge in [0.25, 0.3) is 0 Å². The van der Waals surface area contributed by atoms with Crippen molar-refractivity contribution in [1.82, 2.24) is 0 Å². The largest absolute Gasteiger partial charge is 0.534 e. The molecule has 0 radical (unpaired) electrons. The highest BCUT2D eigenvalue weighted by atomic mass is 32.2. The molecule has 0 atom stereocenters. The van der Waals surface area contributed by atoms with Crippen LogP contribution in [0.2, 0.25) is 0 Å². The van der Waals surface area contributed by atoms with Crippen molar-refractivity contribution in [3.63, 3.8) is 0 Å². The second-order valence-corrected chi connectivity index (χ2v) is 6.91. The predicted molar refractivity (Wildman–Crippen MR) is 54.7 cm³/mol. The lowest BCUT2D eigenvalue weighted by Crippen LogP contribution is -2.28. The zero-order valence-corrected chi connectivity index (χ0v) is 10.5. The molecular formula is C8H5F3O6S2. The van der Waals surface area contributed by atoms with Crippen molar-refractivity contribution < 1.29 is 38.9 Å². The van der Waals surface area contributed by atoms with Crippen molar-refractivity contribution >= 4 is 20.0 Å². The SMILES string of the molecule is O=S1(=O)COc2ccc(OS(=O)(=O)C(F)(F)F)cc21. The van der Waals surface area contributed by atoms with Gasteiger partial charge in [0.15, 0.2) is 5.94 Å². The molecule has 0 aromatic heterocycles. The minimum atomic E-state index is -5.84. The Bertz CT molecular complexity index is 719. The van der Waals surface area contributed by atoms with Crippen LogP contribution in [0.1, 0.15) is 0 Å². The number of ether oxygens (including phenoxy) is 1. The zero-order chi connectivity index (χ0) is 14.5.